The highest BCUT2D eigenvalue weighted by atomic mass is 32.2. The second-order valence-corrected chi connectivity index (χ2v) is 10.4. The zero-order valence-electron chi connectivity index (χ0n) is 14.9. The molecule has 1 amide bonds. The van der Waals surface area contributed by atoms with Crippen LogP contribution in [0.3, 0.4) is 0 Å². The molecule has 0 spiro atoms. The van der Waals surface area contributed by atoms with Crippen LogP contribution < -0.4 is 9.62 Å². The molecule has 0 radical (unpaired) electrons. The number of hydrogen-bond acceptors (Lipinski definition) is 3. The van der Waals surface area contributed by atoms with Gasteiger partial charge < -0.3 is 5.32 Å². The van der Waals surface area contributed by atoms with E-state index in [9.17, 15) is 13.2 Å². The Balaban J connectivity index is 1.60. The Morgan fingerprint density at radius 2 is 1.60 bits per heavy atom. The molecule has 1 aromatic carbocycles. The molecule has 1 N–H and O–H groups in total. The highest BCUT2D eigenvalue weighted by Crippen LogP contribution is 2.55. The van der Waals surface area contributed by atoms with Crippen LogP contribution in [-0.2, 0) is 10.0 Å². The zero-order chi connectivity index (χ0) is 17.8. The summed E-state index contributed by atoms with van der Waals surface area (Å²) in [6.45, 7) is 0. The van der Waals surface area contributed by atoms with Gasteiger partial charge in [0.05, 0.1) is 17.5 Å². The van der Waals surface area contributed by atoms with Crippen LogP contribution in [0.5, 0.6) is 0 Å². The lowest BCUT2D eigenvalue weighted by atomic mass is 9.53. The lowest BCUT2D eigenvalue weighted by Gasteiger charge is -2.56. The molecule has 5 rings (SSSR count). The van der Waals surface area contributed by atoms with Crippen molar-refractivity contribution in [3.05, 3.63) is 29.8 Å². The van der Waals surface area contributed by atoms with Gasteiger partial charge >= 0.3 is 0 Å². The van der Waals surface area contributed by atoms with Gasteiger partial charge in [0.1, 0.15) is 0 Å². The molecule has 6 heteroatoms. The van der Waals surface area contributed by atoms with E-state index in [-0.39, 0.29) is 11.4 Å². The number of rotatable bonds is 4. The third-order valence-corrected chi connectivity index (χ3v) is 7.59. The summed E-state index contributed by atoms with van der Waals surface area (Å²) in [5, 5.41) is 3.33. The summed E-state index contributed by atoms with van der Waals surface area (Å²) in [5.41, 5.74) is 0.793. The van der Waals surface area contributed by atoms with Crippen LogP contribution in [0, 0.1) is 17.8 Å². The van der Waals surface area contributed by atoms with Crippen LogP contribution in [0.15, 0.2) is 24.3 Å². The van der Waals surface area contributed by atoms with Crippen molar-refractivity contribution in [1.82, 2.24) is 5.32 Å². The SMILES string of the molecule is CN(c1ccccc1C(=O)NC12CC3CC(CC(C3)C1)C2)S(C)(=O)=O. The Hall–Kier alpha value is -1.56. The first-order valence-corrected chi connectivity index (χ1v) is 11.0. The minimum atomic E-state index is -3.41. The van der Waals surface area contributed by atoms with E-state index in [2.05, 4.69) is 5.32 Å². The van der Waals surface area contributed by atoms with Gasteiger partial charge in [0.25, 0.3) is 5.91 Å². The number of nitrogens with zero attached hydrogens (tertiary/aromatic N) is 1. The average Bonchev–Trinajstić information content (AvgIpc) is 2.51. The third-order valence-electron chi connectivity index (χ3n) is 6.40. The van der Waals surface area contributed by atoms with Gasteiger partial charge in [-0.2, -0.15) is 0 Å². The number of sulfonamides is 1. The van der Waals surface area contributed by atoms with Gasteiger partial charge in [-0.15, -0.1) is 0 Å². The smallest absolute Gasteiger partial charge is 0.253 e. The van der Waals surface area contributed by atoms with Crippen molar-refractivity contribution < 1.29 is 13.2 Å². The first-order valence-electron chi connectivity index (χ1n) is 9.11. The van der Waals surface area contributed by atoms with Crippen LogP contribution in [-0.4, -0.2) is 33.2 Å². The number of amides is 1. The Kier molecular flexibility index (Phi) is 3.87. The van der Waals surface area contributed by atoms with E-state index in [1.807, 2.05) is 0 Å². The number of nitrogens with one attached hydrogen (secondary N) is 1. The van der Waals surface area contributed by atoms with Crippen molar-refractivity contribution in [2.45, 2.75) is 44.1 Å². The van der Waals surface area contributed by atoms with Gasteiger partial charge in [0.15, 0.2) is 0 Å². The predicted molar refractivity (Wildman–Crippen MR) is 98.1 cm³/mol. The quantitative estimate of drug-likeness (QED) is 0.896. The third kappa shape index (κ3) is 3.05. The van der Waals surface area contributed by atoms with Gasteiger partial charge in [-0.3, -0.25) is 9.10 Å². The summed E-state index contributed by atoms with van der Waals surface area (Å²) in [6, 6.07) is 6.95. The maximum absolute atomic E-state index is 13.0. The molecule has 0 unspecified atom stereocenters. The molecule has 0 atom stereocenters. The van der Waals surface area contributed by atoms with Crippen LogP contribution in [0.1, 0.15) is 48.9 Å². The Morgan fingerprint density at radius 3 is 2.12 bits per heavy atom. The fourth-order valence-electron chi connectivity index (χ4n) is 5.69. The minimum absolute atomic E-state index is 0.0807. The summed E-state index contributed by atoms with van der Waals surface area (Å²) in [5.74, 6) is 2.11. The number of carbonyl (C=O) groups excluding carboxylic acids is 1. The summed E-state index contributed by atoms with van der Waals surface area (Å²) < 4.78 is 25.0. The van der Waals surface area contributed by atoms with Gasteiger partial charge in [0.2, 0.25) is 10.0 Å². The molecule has 25 heavy (non-hydrogen) atoms. The molecule has 4 aliphatic rings. The van der Waals surface area contributed by atoms with Crippen LogP contribution in [0.25, 0.3) is 0 Å². The molecule has 1 aromatic rings. The highest BCUT2D eigenvalue weighted by Gasteiger charge is 2.51. The van der Waals surface area contributed by atoms with Crippen molar-refractivity contribution in [2.24, 2.45) is 17.8 Å². The van der Waals surface area contributed by atoms with Crippen molar-refractivity contribution in [3.63, 3.8) is 0 Å². The fourth-order valence-corrected chi connectivity index (χ4v) is 6.21. The molecule has 136 valence electrons. The molecular formula is C19H26N2O3S. The maximum Gasteiger partial charge on any atom is 0.253 e. The Labute approximate surface area is 149 Å². The first-order chi connectivity index (χ1) is 11.8. The standard InChI is InChI=1S/C19H26N2O3S/c1-21(25(2,23)24)17-6-4-3-5-16(17)18(22)20-19-10-13-7-14(11-19)9-15(8-13)12-19/h3-6,13-15H,7-12H2,1-2H3,(H,20,22). The van der Waals surface area contributed by atoms with Crippen molar-refractivity contribution in [2.75, 3.05) is 17.6 Å². The van der Waals surface area contributed by atoms with Crippen molar-refractivity contribution in [1.29, 1.82) is 0 Å². The molecule has 0 heterocycles. The van der Waals surface area contributed by atoms with E-state index >= 15 is 0 Å². The number of anilines is 1. The number of benzene rings is 1. The fraction of sp³-hybridized carbons (Fsp3) is 0.632. The second kappa shape index (κ2) is 5.73. The van der Waals surface area contributed by atoms with E-state index in [4.69, 9.17) is 0 Å². The maximum atomic E-state index is 13.0. The second-order valence-electron chi connectivity index (χ2n) is 8.40. The molecule has 4 fully saturated rings. The first kappa shape index (κ1) is 16.9. The van der Waals surface area contributed by atoms with Crippen molar-refractivity contribution >= 4 is 21.6 Å². The normalized spacial score (nSPS) is 33.3. The summed E-state index contributed by atoms with van der Waals surface area (Å²) in [7, 11) is -1.92. The molecule has 0 aromatic heterocycles. The predicted octanol–water partition coefficient (Wildman–Crippen LogP) is 2.78. The molecule has 4 bridgehead atoms. The van der Waals surface area contributed by atoms with Crippen LogP contribution in [0.2, 0.25) is 0 Å². The number of para-hydroxylation sites is 1. The Morgan fingerprint density at radius 1 is 1.08 bits per heavy atom. The van der Waals surface area contributed by atoms with Gasteiger partial charge in [-0.1, -0.05) is 12.1 Å². The molecular weight excluding hydrogens is 336 g/mol. The molecule has 5 nitrogen and oxygen atoms in total. The number of hydrogen-bond donors (Lipinski definition) is 1. The average molecular weight is 362 g/mol. The Bertz CT molecular complexity index is 767. The van der Waals surface area contributed by atoms with E-state index in [1.165, 1.54) is 30.6 Å². The van der Waals surface area contributed by atoms with E-state index in [0.29, 0.717) is 11.3 Å². The van der Waals surface area contributed by atoms with Crippen molar-refractivity contribution in [3.8, 4) is 0 Å². The highest BCUT2D eigenvalue weighted by molar-refractivity contribution is 7.92. The number of carbonyl (C=O) groups is 1. The van der Waals surface area contributed by atoms with Gasteiger partial charge in [0, 0.05) is 12.6 Å². The minimum Gasteiger partial charge on any atom is -0.347 e. The zero-order valence-corrected chi connectivity index (χ0v) is 15.7. The van der Waals surface area contributed by atoms with E-state index in [0.717, 1.165) is 43.3 Å². The topological polar surface area (TPSA) is 66.5 Å². The summed E-state index contributed by atoms with van der Waals surface area (Å²) in [6.07, 6.45) is 8.35. The van der Waals surface area contributed by atoms with Crippen LogP contribution in [0.4, 0.5) is 5.69 Å². The van der Waals surface area contributed by atoms with Crippen LogP contribution >= 0.6 is 0 Å². The monoisotopic (exact) mass is 362 g/mol. The lowest BCUT2D eigenvalue weighted by molar-refractivity contribution is -0.0166. The largest absolute Gasteiger partial charge is 0.347 e. The van der Waals surface area contributed by atoms with Gasteiger partial charge in [-0.05, 0) is 68.4 Å². The molecule has 0 aliphatic heterocycles. The van der Waals surface area contributed by atoms with E-state index in [1.54, 1.807) is 24.3 Å². The van der Waals surface area contributed by atoms with Gasteiger partial charge in [-0.25, -0.2) is 8.42 Å². The molecule has 4 saturated carbocycles. The van der Waals surface area contributed by atoms with E-state index < -0.39 is 10.0 Å². The summed E-state index contributed by atoms with van der Waals surface area (Å²) in [4.78, 5) is 13.0. The molecule has 0 saturated heterocycles. The molecule has 4 aliphatic carbocycles. The summed E-state index contributed by atoms with van der Waals surface area (Å²) >= 11 is 0. The lowest BCUT2D eigenvalue weighted by Crippen LogP contribution is -2.59.